The number of carbonyl (C=O) groups excluding carboxylic acids is 1. The maximum atomic E-state index is 12.9. The van der Waals surface area contributed by atoms with Crippen molar-refractivity contribution in [2.45, 2.75) is 33.3 Å². The minimum atomic E-state index is -0.343. The molecule has 0 unspecified atom stereocenters. The second kappa shape index (κ2) is 8.30. The molecule has 0 atom stereocenters. The highest BCUT2D eigenvalue weighted by Crippen LogP contribution is 2.22. The first-order valence-corrected chi connectivity index (χ1v) is 9.34. The van der Waals surface area contributed by atoms with E-state index in [9.17, 15) is 14.0 Å². The molecule has 0 saturated carbocycles. The maximum absolute atomic E-state index is 12.9. The van der Waals surface area contributed by atoms with Crippen LogP contribution in [0, 0.1) is 12.7 Å². The highest BCUT2D eigenvalue weighted by molar-refractivity contribution is 7.17. The summed E-state index contributed by atoms with van der Waals surface area (Å²) in [4.78, 5) is 30.1. The van der Waals surface area contributed by atoms with E-state index >= 15 is 0 Å². The number of esters is 1. The fourth-order valence-corrected chi connectivity index (χ4v) is 3.72. The van der Waals surface area contributed by atoms with Crippen molar-refractivity contribution >= 4 is 22.3 Å². The Hall–Kier alpha value is -2.74. The number of ether oxygens (including phenoxy) is 2. The molecule has 0 saturated heterocycles. The van der Waals surface area contributed by atoms with Crippen LogP contribution in [0.15, 0.2) is 35.1 Å². The van der Waals surface area contributed by atoms with Gasteiger partial charge in [0.1, 0.15) is 18.2 Å². The molecule has 0 fully saturated rings. The Labute approximate surface area is 159 Å². The first-order chi connectivity index (χ1) is 13.0. The van der Waals surface area contributed by atoms with Gasteiger partial charge in [-0.25, -0.2) is 9.37 Å². The number of halogens is 1. The Morgan fingerprint density at radius 1 is 1.30 bits per heavy atom. The Bertz CT molecular complexity index is 1010. The smallest absolute Gasteiger partial charge is 0.306 e. The predicted octanol–water partition coefficient (Wildman–Crippen LogP) is 3.28. The molecular weight excluding hydrogens is 371 g/mol. The van der Waals surface area contributed by atoms with Crippen molar-refractivity contribution in [1.82, 2.24) is 9.38 Å². The average molecular weight is 390 g/mol. The summed E-state index contributed by atoms with van der Waals surface area (Å²) in [6, 6.07) is 7.06. The number of fused-ring (bicyclic) bond motifs is 1. The summed E-state index contributed by atoms with van der Waals surface area (Å²) in [5.74, 6) is -0.137. The summed E-state index contributed by atoms with van der Waals surface area (Å²) in [6.45, 7) is 4.09. The monoisotopic (exact) mass is 390 g/mol. The zero-order valence-electron chi connectivity index (χ0n) is 15.0. The van der Waals surface area contributed by atoms with Crippen LogP contribution in [0.5, 0.6) is 5.75 Å². The molecule has 6 nitrogen and oxygen atoms in total. The number of thiazole rings is 1. The van der Waals surface area contributed by atoms with Crippen LogP contribution in [0.25, 0.3) is 4.96 Å². The Kier molecular flexibility index (Phi) is 5.85. The normalized spacial score (nSPS) is 10.9. The first-order valence-electron chi connectivity index (χ1n) is 8.53. The van der Waals surface area contributed by atoms with Gasteiger partial charge in [-0.15, -0.1) is 11.3 Å². The van der Waals surface area contributed by atoms with Crippen molar-refractivity contribution in [3.63, 3.8) is 0 Å². The van der Waals surface area contributed by atoms with Crippen molar-refractivity contribution in [1.29, 1.82) is 0 Å². The molecule has 0 aliphatic heterocycles. The Morgan fingerprint density at radius 2 is 2.04 bits per heavy atom. The highest BCUT2D eigenvalue weighted by Gasteiger charge is 2.15. The zero-order chi connectivity index (χ0) is 19.4. The van der Waals surface area contributed by atoms with Gasteiger partial charge in [-0.05, 0) is 44.5 Å². The standard InChI is InChI=1S/C19H19FN2O4S/c1-3-25-18(24)9-8-16-12(2)27-19-21-14(10-17(23)22(16)19)11-26-15-6-4-13(20)5-7-15/h4-7,10H,3,8-9,11H2,1-2H3. The minimum Gasteiger partial charge on any atom is -0.487 e. The van der Waals surface area contributed by atoms with Crippen molar-refractivity contribution in [3.05, 3.63) is 62.8 Å². The molecule has 8 heteroatoms. The molecule has 2 heterocycles. The van der Waals surface area contributed by atoms with Crippen LogP contribution in [0.2, 0.25) is 0 Å². The first kappa shape index (κ1) is 19.0. The van der Waals surface area contributed by atoms with Gasteiger partial charge in [0.25, 0.3) is 5.56 Å². The van der Waals surface area contributed by atoms with Crippen LogP contribution in [-0.4, -0.2) is 22.0 Å². The fourth-order valence-electron chi connectivity index (χ4n) is 2.68. The maximum Gasteiger partial charge on any atom is 0.306 e. The summed E-state index contributed by atoms with van der Waals surface area (Å²) < 4.78 is 25.0. The lowest BCUT2D eigenvalue weighted by Gasteiger charge is -2.06. The Balaban J connectivity index is 1.79. The van der Waals surface area contributed by atoms with Gasteiger partial charge in [0, 0.05) is 16.6 Å². The van der Waals surface area contributed by atoms with Gasteiger partial charge < -0.3 is 9.47 Å². The summed E-state index contributed by atoms with van der Waals surface area (Å²) in [5.41, 5.74) is 1.04. The van der Waals surface area contributed by atoms with Gasteiger partial charge in [0.2, 0.25) is 0 Å². The minimum absolute atomic E-state index is 0.104. The average Bonchev–Trinajstić information content (AvgIpc) is 2.95. The predicted molar refractivity (Wildman–Crippen MR) is 99.8 cm³/mol. The number of hydrogen-bond acceptors (Lipinski definition) is 6. The molecule has 1 aromatic carbocycles. The summed E-state index contributed by atoms with van der Waals surface area (Å²) in [5, 5.41) is 0. The van der Waals surface area contributed by atoms with Gasteiger partial charge in [-0.3, -0.25) is 14.0 Å². The van der Waals surface area contributed by atoms with E-state index in [0.29, 0.717) is 29.4 Å². The Morgan fingerprint density at radius 3 is 2.74 bits per heavy atom. The van der Waals surface area contributed by atoms with Gasteiger partial charge in [-0.1, -0.05) is 0 Å². The molecule has 0 amide bonds. The third-order valence-corrected chi connectivity index (χ3v) is 4.93. The molecule has 27 heavy (non-hydrogen) atoms. The molecule has 3 rings (SSSR count). The van der Waals surface area contributed by atoms with Crippen molar-refractivity contribution in [2.24, 2.45) is 0 Å². The lowest BCUT2D eigenvalue weighted by Crippen LogP contribution is -2.18. The highest BCUT2D eigenvalue weighted by atomic mass is 32.1. The largest absolute Gasteiger partial charge is 0.487 e. The number of carbonyl (C=O) groups is 1. The van der Waals surface area contributed by atoms with E-state index in [2.05, 4.69) is 4.98 Å². The molecular formula is C19H19FN2O4S. The zero-order valence-corrected chi connectivity index (χ0v) is 15.8. The molecule has 0 radical (unpaired) electrons. The molecule has 142 valence electrons. The van der Waals surface area contributed by atoms with E-state index < -0.39 is 0 Å². The molecule has 0 spiro atoms. The van der Waals surface area contributed by atoms with Crippen LogP contribution in [0.3, 0.4) is 0 Å². The van der Waals surface area contributed by atoms with E-state index in [0.717, 1.165) is 10.6 Å². The van der Waals surface area contributed by atoms with Crippen LogP contribution in [-0.2, 0) is 22.6 Å². The molecule has 0 aliphatic carbocycles. The third-order valence-electron chi connectivity index (χ3n) is 3.93. The molecule has 0 bridgehead atoms. The van der Waals surface area contributed by atoms with Crippen LogP contribution in [0.1, 0.15) is 29.6 Å². The second-order valence-corrected chi connectivity index (χ2v) is 7.04. The summed E-state index contributed by atoms with van der Waals surface area (Å²) in [6.07, 6.45) is 0.625. The molecule has 3 aromatic rings. The van der Waals surface area contributed by atoms with Crippen molar-refractivity contribution in [3.8, 4) is 5.75 Å². The van der Waals surface area contributed by atoms with Gasteiger partial charge in [-0.2, -0.15) is 0 Å². The SMILES string of the molecule is CCOC(=O)CCc1c(C)sc2nc(COc3ccc(F)cc3)cc(=O)n12. The van der Waals surface area contributed by atoms with Crippen LogP contribution >= 0.6 is 11.3 Å². The van der Waals surface area contributed by atoms with Crippen LogP contribution < -0.4 is 10.3 Å². The van der Waals surface area contributed by atoms with Gasteiger partial charge in [0.15, 0.2) is 4.96 Å². The number of benzene rings is 1. The van der Waals surface area contributed by atoms with Crippen LogP contribution in [0.4, 0.5) is 4.39 Å². The number of aryl methyl sites for hydroxylation is 2. The van der Waals surface area contributed by atoms with E-state index in [1.54, 1.807) is 6.92 Å². The molecule has 0 N–H and O–H groups in total. The topological polar surface area (TPSA) is 69.9 Å². The number of rotatable bonds is 7. The fraction of sp³-hybridized carbons (Fsp3) is 0.316. The lowest BCUT2D eigenvalue weighted by atomic mass is 10.2. The molecule has 0 aliphatic rings. The van der Waals surface area contributed by atoms with Gasteiger partial charge in [0.05, 0.1) is 18.7 Å². The quantitative estimate of drug-likeness (QED) is 0.579. The van der Waals surface area contributed by atoms with E-state index in [4.69, 9.17) is 9.47 Å². The summed E-state index contributed by atoms with van der Waals surface area (Å²) in [7, 11) is 0. The molecule has 2 aromatic heterocycles. The summed E-state index contributed by atoms with van der Waals surface area (Å²) >= 11 is 1.39. The third kappa shape index (κ3) is 4.51. The van der Waals surface area contributed by atoms with E-state index in [1.165, 1.54) is 46.1 Å². The number of nitrogens with zero attached hydrogens (tertiary/aromatic N) is 2. The van der Waals surface area contributed by atoms with E-state index in [1.807, 2.05) is 6.92 Å². The van der Waals surface area contributed by atoms with E-state index in [-0.39, 0.29) is 30.4 Å². The van der Waals surface area contributed by atoms with Crippen molar-refractivity contribution in [2.75, 3.05) is 6.61 Å². The number of aromatic nitrogens is 2. The van der Waals surface area contributed by atoms with Crippen molar-refractivity contribution < 1.29 is 18.7 Å². The lowest BCUT2D eigenvalue weighted by molar-refractivity contribution is -0.143. The van der Waals surface area contributed by atoms with Gasteiger partial charge >= 0.3 is 5.97 Å². The second-order valence-electron chi connectivity index (χ2n) is 5.86. The number of hydrogen-bond donors (Lipinski definition) is 0.